The van der Waals surface area contributed by atoms with E-state index < -0.39 is 11.9 Å². The summed E-state index contributed by atoms with van der Waals surface area (Å²) in [6, 6.07) is 4.37. The van der Waals surface area contributed by atoms with E-state index in [9.17, 15) is 4.39 Å². The molecule has 21 heavy (non-hydrogen) atoms. The van der Waals surface area contributed by atoms with Gasteiger partial charge in [-0.2, -0.15) is 5.10 Å². The third kappa shape index (κ3) is 3.74. The van der Waals surface area contributed by atoms with Gasteiger partial charge in [0.1, 0.15) is 5.82 Å². The number of aromatic nitrogens is 2. The SMILES string of the molecule is COCCn1ncc(Cl)c1C(N)Cc1cccc(Cl)c1F. The van der Waals surface area contributed by atoms with Crippen molar-refractivity contribution in [2.45, 2.75) is 19.0 Å². The molecule has 0 fully saturated rings. The van der Waals surface area contributed by atoms with Crippen molar-refractivity contribution in [3.63, 3.8) is 0 Å². The maximum absolute atomic E-state index is 13.9. The van der Waals surface area contributed by atoms with Gasteiger partial charge in [-0.25, -0.2) is 4.39 Å². The Bertz CT molecular complexity index is 618. The van der Waals surface area contributed by atoms with Gasteiger partial charge in [-0.1, -0.05) is 35.3 Å². The fourth-order valence-electron chi connectivity index (χ4n) is 2.14. The van der Waals surface area contributed by atoms with Crippen LogP contribution in [0.3, 0.4) is 0 Å². The Hall–Kier alpha value is -1.14. The summed E-state index contributed by atoms with van der Waals surface area (Å²) >= 11 is 11.9. The minimum Gasteiger partial charge on any atom is -0.383 e. The van der Waals surface area contributed by atoms with E-state index in [1.807, 2.05) is 0 Å². The van der Waals surface area contributed by atoms with Crippen molar-refractivity contribution in [3.05, 3.63) is 51.5 Å². The van der Waals surface area contributed by atoms with E-state index in [-0.39, 0.29) is 11.4 Å². The molecule has 1 aromatic heterocycles. The largest absolute Gasteiger partial charge is 0.383 e. The highest BCUT2D eigenvalue weighted by Crippen LogP contribution is 2.26. The molecule has 0 aliphatic carbocycles. The second-order valence-corrected chi connectivity index (χ2v) is 5.43. The maximum Gasteiger partial charge on any atom is 0.145 e. The van der Waals surface area contributed by atoms with Crippen LogP contribution in [0.15, 0.2) is 24.4 Å². The molecular formula is C14H16Cl2FN3O. The van der Waals surface area contributed by atoms with Crippen molar-refractivity contribution in [2.75, 3.05) is 13.7 Å². The molecule has 0 aliphatic rings. The minimum atomic E-state index is -0.482. The van der Waals surface area contributed by atoms with Crippen molar-refractivity contribution >= 4 is 23.2 Å². The van der Waals surface area contributed by atoms with Crippen LogP contribution in [0.4, 0.5) is 4.39 Å². The number of nitrogens with two attached hydrogens (primary N) is 1. The number of nitrogens with zero attached hydrogens (tertiary/aromatic N) is 2. The van der Waals surface area contributed by atoms with Crippen molar-refractivity contribution in [3.8, 4) is 0 Å². The molecule has 7 heteroatoms. The Labute approximate surface area is 132 Å². The summed E-state index contributed by atoms with van der Waals surface area (Å²) in [4.78, 5) is 0. The summed E-state index contributed by atoms with van der Waals surface area (Å²) in [6.07, 6.45) is 1.81. The third-order valence-electron chi connectivity index (χ3n) is 3.16. The van der Waals surface area contributed by atoms with Gasteiger partial charge >= 0.3 is 0 Å². The zero-order valence-electron chi connectivity index (χ0n) is 11.5. The second-order valence-electron chi connectivity index (χ2n) is 4.62. The third-order valence-corrected chi connectivity index (χ3v) is 3.75. The highest BCUT2D eigenvalue weighted by atomic mass is 35.5. The normalized spacial score (nSPS) is 12.6. The summed E-state index contributed by atoms with van der Waals surface area (Å²) in [6.45, 7) is 1.02. The first-order valence-corrected chi connectivity index (χ1v) is 7.18. The first kappa shape index (κ1) is 16.2. The van der Waals surface area contributed by atoms with E-state index in [2.05, 4.69) is 5.10 Å². The highest BCUT2D eigenvalue weighted by Gasteiger charge is 2.19. The van der Waals surface area contributed by atoms with E-state index in [1.165, 1.54) is 12.3 Å². The van der Waals surface area contributed by atoms with Gasteiger partial charge < -0.3 is 10.5 Å². The van der Waals surface area contributed by atoms with Crippen LogP contribution >= 0.6 is 23.2 Å². The maximum atomic E-state index is 13.9. The topological polar surface area (TPSA) is 53.1 Å². The number of rotatable bonds is 6. The summed E-state index contributed by atoms with van der Waals surface area (Å²) in [7, 11) is 1.60. The lowest BCUT2D eigenvalue weighted by atomic mass is 10.0. The second kappa shape index (κ2) is 7.22. The Morgan fingerprint density at radius 2 is 2.14 bits per heavy atom. The molecule has 114 valence electrons. The van der Waals surface area contributed by atoms with Gasteiger partial charge in [-0.05, 0) is 18.1 Å². The molecule has 0 saturated heterocycles. The van der Waals surface area contributed by atoms with Gasteiger partial charge in [0, 0.05) is 7.11 Å². The van der Waals surface area contributed by atoms with Crippen molar-refractivity contribution in [2.24, 2.45) is 5.73 Å². The smallest absolute Gasteiger partial charge is 0.145 e. The molecule has 4 nitrogen and oxygen atoms in total. The average molecular weight is 332 g/mol. The van der Waals surface area contributed by atoms with E-state index in [0.717, 1.165) is 0 Å². The zero-order valence-corrected chi connectivity index (χ0v) is 13.0. The van der Waals surface area contributed by atoms with Crippen molar-refractivity contribution in [1.29, 1.82) is 0 Å². The lowest BCUT2D eigenvalue weighted by Crippen LogP contribution is -2.20. The first-order chi connectivity index (χ1) is 10.0. The molecule has 2 rings (SSSR count). The Balaban J connectivity index is 2.22. The van der Waals surface area contributed by atoms with Crippen molar-refractivity contribution < 1.29 is 9.13 Å². The van der Waals surface area contributed by atoms with Gasteiger partial charge in [0.2, 0.25) is 0 Å². The standard InChI is InChI=1S/C14H16Cl2FN3O/c1-21-6-5-20-14(11(16)8-19-20)12(18)7-9-3-2-4-10(15)13(9)17/h2-4,8,12H,5-7,18H2,1H3. The average Bonchev–Trinajstić information content (AvgIpc) is 2.82. The summed E-state index contributed by atoms with van der Waals surface area (Å²) < 4.78 is 20.6. The molecule has 2 N–H and O–H groups in total. The van der Waals surface area contributed by atoms with Crippen LogP contribution in [0.25, 0.3) is 0 Å². The zero-order chi connectivity index (χ0) is 15.4. The number of hydrogen-bond donors (Lipinski definition) is 1. The Morgan fingerprint density at radius 1 is 1.38 bits per heavy atom. The molecule has 0 spiro atoms. The quantitative estimate of drug-likeness (QED) is 0.884. The van der Waals surface area contributed by atoms with E-state index >= 15 is 0 Å². The van der Waals surface area contributed by atoms with Crippen LogP contribution in [0.2, 0.25) is 10.0 Å². The number of benzene rings is 1. The molecule has 2 aromatic rings. The Morgan fingerprint density at radius 3 is 2.86 bits per heavy atom. The van der Waals surface area contributed by atoms with Crippen LogP contribution in [0.5, 0.6) is 0 Å². The monoisotopic (exact) mass is 331 g/mol. The van der Waals surface area contributed by atoms with Gasteiger partial charge in [-0.15, -0.1) is 0 Å². The fourth-order valence-corrected chi connectivity index (χ4v) is 2.61. The number of methoxy groups -OCH3 is 1. The fraction of sp³-hybridized carbons (Fsp3) is 0.357. The summed E-state index contributed by atoms with van der Waals surface area (Å²) in [5.74, 6) is -0.450. The molecular weight excluding hydrogens is 316 g/mol. The molecule has 1 atom stereocenters. The molecule has 0 saturated carbocycles. The van der Waals surface area contributed by atoms with E-state index in [0.29, 0.717) is 29.4 Å². The van der Waals surface area contributed by atoms with Crippen LogP contribution in [0.1, 0.15) is 17.3 Å². The Kier molecular flexibility index (Phi) is 5.58. The van der Waals surface area contributed by atoms with Gasteiger partial charge in [-0.3, -0.25) is 4.68 Å². The lowest BCUT2D eigenvalue weighted by Gasteiger charge is -2.15. The lowest BCUT2D eigenvalue weighted by molar-refractivity contribution is 0.182. The van der Waals surface area contributed by atoms with Crippen LogP contribution < -0.4 is 5.73 Å². The van der Waals surface area contributed by atoms with Crippen LogP contribution in [0, 0.1) is 5.82 Å². The van der Waals surface area contributed by atoms with Gasteiger partial charge in [0.05, 0.1) is 41.1 Å². The van der Waals surface area contributed by atoms with Crippen molar-refractivity contribution in [1.82, 2.24) is 9.78 Å². The predicted molar refractivity (Wildman–Crippen MR) is 81.2 cm³/mol. The predicted octanol–water partition coefficient (Wildman–Crippen LogP) is 3.22. The number of ether oxygens (including phenoxy) is 1. The first-order valence-electron chi connectivity index (χ1n) is 6.43. The molecule has 1 heterocycles. The number of hydrogen-bond acceptors (Lipinski definition) is 3. The minimum absolute atomic E-state index is 0.0821. The molecule has 0 bridgehead atoms. The highest BCUT2D eigenvalue weighted by molar-refractivity contribution is 6.31. The number of halogens is 3. The van der Waals surface area contributed by atoms with Gasteiger partial charge in [0.25, 0.3) is 0 Å². The molecule has 0 aliphatic heterocycles. The molecule has 0 radical (unpaired) electrons. The summed E-state index contributed by atoms with van der Waals surface area (Å²) in [5.41, 5.74) is 7.28. The molecule has 1 aromatic carbocycles. The molecule has 0 amide bonds. The van der Waals surface area contributed by atoms with E-state index in [1.54, 1.807) is 23.9 Å². The summed E-state index contributed by atoms with van der Waals surface area (Å²) in [5, 5.41) is 4.70. The van der Waals surface area contributed by atoms with Crippen LogP contribution in [-0.2, 0) is 17.7 Å². The molecule has 1 unspecified atom stereocenters. The van der Waals surface area contributed by atoms with Gasteiger partial charge in [0.15, 0.2) is 0 Å². The van der Waals surface area contributed by atoms with E-state index in [4.69, 9.17) is 33.7 Å². The van der Waals surface area contributed by atoms with Crippen LogP contribution in [-0.4, -0.2) is 23.5 Å².